The Morgan fingerprint density at radius 1 is 1.33 bits per heavy atom. The van der Waals surface area contributed by atoms with Crippen molar-refractivity contribution >= 4 is 22.6 Å². The summed E-state index contributed by atoms with van der Waals surface area (Å²) in [7, 11) is 0. The van der Waals surface area contributed by atoms with Crippen LogP contribution in [0.2, 0.25) is 0 Å². The molecule has 1 atom stereocenters. The second-order valence-electron chi connectivity index (χ2n) is 4.20. The van der Waals surface area contributed by atoms with E-state index in [-0.39, 0.29) is 0 Å². The summed E-state index contributed by atoms with van der Waals surface area (Å²) < 4.78 is 1.28. The molecular weight excluding hydrogens is 301 g/mol. The second-order valence-corrected chi connectivity index (χ2v) is 5.44. The Bertz CT molecular complexity index is 312. The predicted octanol–water partition coefficient (Wildman–Crippen LogP) is 2.11. The first-order chi connectivity index (χ1) is 7.28. The van der Waals surface area contributed by atoms with Crippen molar-refractivity contribution in [2.45, 2.75) is 13.0 Å². The molecule has 1 fully saturated rings. The molecule has 1 saturated heterocycles. The molecule has 0 amide bonds. The molecule has 0 aliphatic carbocycles. The fraction of sp³-hybridized carbons (Fsp3) is 0.500. The van der Waals surface area contributed by atoms with Crippen LogP contribution in [0.4, 0.5) is 0 Å². The van der Waals surface area contributed by atoms with Crippen molar-refractivity contribution in [2.24, 2.45) is 5.92 Å². The van der Waals surface area contributed by atoms with Crippen LogP contribution in [-0.4, -0.2) is 29.7 Å². The van der Waals surface area contributed by atoms with E-state index in [4.69, 9.17) is 5.11 Å². The monoisotopic (exact) mass is 317 g/mol. The Hall–Kier alpha value is -0.130. The van der Waals surface area contributed by atoms with Gasteiger partial charge in [0, 0.05) is 23.3 Å². The van der Waals surface area contributed by atoms with Crippen molar-refractivity contribution < 1.29 is 5.11 Å². The van der Waals surface area contributed by atoms with E-state index in [1.165, 1.54) is 9.13 Å². The van der Waals surface area contributed by atoms with Crippen LogP contribution in [0.5, 0.6) is 0 Å². The molecule has 2 nitrogen and oxygen atoms in total. The van der Waals surface area contributed by atoms with Crippen molar-refractivity contribution in [1.82, 2.24) is 4.90 Å². The molecule has 15 heavy (non-hydrogen) atoms. The maximum absolute atomic E-state index is 9.06. The van der Waals surface area contributed by atoms with Gasteiger partial charge in [0.2, 0.25) is 0 Å². The maximum Gasteiger partial charge on any atom is 0.0471 e. The zero-order chi connectivity index (χ0) is 10.7. The molecular formula is C12H16INO. The van der Waals surface area contributed by atoms with Crippen LogP contribution in [0.1, 0.15) is 12.0 Å². The highest BCUT2D eigenvalue weighted by Gasteiger charge is 2.21. The number of benzene rings is 1. The normalized spacial score (nSPS) is 22.1. The molecule has 2 rings (SSSR count). The van der Waals surface area contributed by atoms with Crippen molar-refractivity contribution in [1.29, 1.82) is 0 Å². The van der Waals surface area contributed by atoms with Crippen molar-refractivity contribution in [3.8, 4) is 0 Å². The van der Waals surface area contributed by atoms with E-state index in [9.17, 15) is 0 Å². The quantitative estimate of drug-likeness (QED) is 0.863. The minimum atomic E-state index is 0.336. The second kappa shape index (κ2) is 5.27. The zero-order valence-corrected chi connectivity index (χ0v) is 10.9. The summed E-state index contributed by atoms with van der Waals surface area (Å²) in [5, 5.41) is 9.06. The van der Waals surface area contributed by atoms with Gasteiger partial charge in [-0.1, -0.05) is 12.1 Å². The molecule has 3 heteroatoms. The molecule has 1 aromatic rings. The lowest BCUT2D eigenvalue weighted by Crippen LogP contribution is -2.20. The lowest BCUT2D eigenvalue weighted by molar-refractivity contribution is 0.220. The van der Waals surface area contributed by atoms with Crippen LogP contribution in [0.25, 0.3) is 0 Å². The summed E-state index contributed by atoms with van der Waals surface area (Å²) in [5.41, 5.74) is 1.37. The van der Waals surface area contributed by atoms with Crippen LogP contribution in [0, 0.1) is 9.49 Å². The van der Waals surface area contributed by atoms with Gasteiger partial charge in [-0.25, -0.2) is 0 Å². The van der Waals surface area contributed by atoms with Crippen molar-refractivity contribution in [3.63, 3.8) is 0 Å². The van der Waals surface area contributed by atoms with E-state index in [2.05, 4.69) is 51.8 Å². The Morgan fingerprint density at radius 3 is 2.67 bits per heavy atom. The standard InChI is InChI=1S/C12H16INO/c13-12-3-1-10(2-4-12)7-14-6-5-11(8-14)9-15/h1-4,11,15H,5-9H2. The smallest absolute Gasteiger partial charge is 0.0471 e. The van der Waals surface area contributed by atoms with Crippen molar-refractivity contribution in [3.05, 3.63) is 33.4 Å². The molecule has 1 aliphatic rings. The fourth-order valence-corrected chi connectivity index (χ4v) is 2.41. The van der Waals surface area contributed by atoms with E-state index in [1.807, 2.05) is 0 Å². The van der Waals surface area contributed by atoms with Gasteiger partial charge < -0.3 is 5.11 Å². The SMILES string of the molecule is OCC1CCN(Cc2ccc(I)cc2)C1. The molecule has 1 unspecified atom stereocenters. The van der Waals surface area contributed by atoms with E-state index >= 15 is 0 Å². The van der Waals surface area contributed by atoms with Crippen LogP contribution >= 0.6 is 22.6 Å². The topological polar surface area (TPSA) is 23.5 Å². The average molecular weight is 317 g/mol. The molecule has 82 valence electrons. The first-order valence-corrected chi connectivity index (χ1v) is 6.43. The highest BCUT2D eigenvalue weighted by Crippen LogP contribution is 2.18. The van der Waals surface area contributed by atoms with Gasteiger partial charge in [0.15, 0.2) is 0 Å². The van der Waals surface area contributed by atoms with Gasteiger partial charge in [0.05, 0.1) is 0 Å². The minimum Gasteiger partial charge on any atom is -0.396 e. The summed E-state index contributed by atoms with van der Waals surface area (Å²) in [6.07, 6.45) is 1.14. The Morgan fingerprint density at radius 2 is 2.07 bits per heavy atom. The molecule has 1 aromatic carbocycles. The lowest BCUT2D eigenvalue weighted by Gasteiger charge is -2.15. The number of nitrogens with zero attached hydrogens (tertiary/aromatic N) is 1. The third-order valence-electron chi connectivity index (χ3n) is 2.95. The van der Waals surface area contributed by atoms with E-state index < -0.39 is 0 Å². The Balaban J connectivity index is 1.90. The number of hydrogen-bond donors (Lipinski definition) is 1. The van der Waals surface area contributed by atoms with Gasteiger partial charge >= 0.3 is 0 Å². The van der Waals surface area contributed by atoms with Crippen LogP contribution < -0.4 is 0 Å². The Kier molecular flexibility index (Phi) is 3.99. The molecule has 0 aromatic heterocycles. The first kappa shape index (κ1) is 11.4. The van der Waals surface area contributed by atoms with Gasteiger partial charge in [-0.2, -0.15) is 0 Å². The van der Waals surface area contributed by atoms with Crippen LogP contribution in [0.3, 0.4) is 0 Å². The molecule has 0 saturated carbocycles. The molecule has 0 spiro atoms. The summed E-state index contributed by atoms with van der Waals surface area (Å²) in [5.74, 6) is 0.494. The highest BCUT2D eigenvalue weighted by atomic mass is 127. The van der Waals surface area contributed by atoms with E-state index in [1.54, 1.807) is 0 Å². The summed E-state index contributed by atoms with van der Waals surface area (Å²) in [6, 6.07) is 8.67. The first-order valence-electron chi connectivity index (χ1n) is 5.35. The Labute approximate surface area is 104 Å². The molecule has 1 heterocycles. The average Bonchev–Trinajstić information content (AvgIpc) is 2.69. The summed E-state index contributed by atoms with van der Waals surface area (Å²) in [6.45, 7) is 3.52. The highest BCUT2D eigenvalue weighted by molar-refractivity contribution is 14.1. The predicted molar refractivity (Wildman–Crippen MR) is 69.6 cm³/mol. The van der Waals surface area contributed by atoms with E-state index in [0.717, 1.165) is 26.1 Å². The number of hydrogen-bond acceptors (Lipinski definition) is 2. The summed E-state index contributed by atoms with van der Waals surface area (Å²) in [4.78, 5) is 2.42. The number of aliphatic hydroxyl groups excluding tert-OH is 1. The van der Waals surface area contributed by atoms with Gasteiger partial charge in [-0.15, -0.1) is 0 Å². The van der Waals surface area contributed by atoms with Crippen LogP contribution in [0.15, 0.2) is 24.3 Å². The van der Waals surface area contributed by atoms with Crippen molar-refractivity contribution in [2.75, 3.05) is 19.7 Å². The van der Waals surface area contributed by atoms with Gasteiger partial charge in [-0.05, 0) is 59.2 Å². The fourth-order valence-electron chi connectivity index (χ4n) is 2.05. The minimum absolute atomic E-state index is 0.336. The van der Waals surface area contributed by atoms with Gasteiger partial charge in [0.25, 0.3) is 0 Å². The van der Waals surface area contributed by atoms with Gasteiger partial charge in [-0.3, -0.25) is 4.90 Å². The molecule has 1 aliphatic heterocycles. The number of aliphatic hydroxyl groups is 1. The molecule has 0 radical (unpaired) electrons. The number of halogens is 1. The largest absolute Gasteiger partial charge is 0.396 e. The maximum atomic E-state index is 9.06. The molecule has 1 N–H and O–H groups in total. The number of rotatable bonds is 3. The zero-order valence-electron chi connectivity index (χ0n) is 8.69. The lowest BCUT2D eigenvalue weighted by atomic mass is 10.1. The van der Waals surface area contributed by atoms with E-state index in [0.29, 0.717) is 12.5 Å². The third-order valence-corrected chi connectivity index (χ3v) is 3.67. The number of likely N-dealkylation sites (tertiary alicyclic amines) is 1. The third kappa shape index (κ3) is 3.16. The van der Waals surface area contributed by atoms with Crippen LogP contribution in [-0.2, 0) is 6.54 Å². The van der Waals surface area contributed by atoms with Gasteiger partial charge in [0.1, 0.15) is 0 Å². The molecule has 0 bridgehead atoms. The summed E-state index contributed by atoms with van der Waals surface area (Å²) >= 11 is 2.32.